The number of nitrogens with zero attached hydrogens (tertiary/aromatic N) is 5. The van der Waals surface area contributed by atoms with E-state index in [0.717, 1.165) is 0 Å². The van der Waals surface area contributed by atoms with Crippen LogP contribution in [0.2, 0.25) is 0 Å². The van der Waals surface area contributed by atoms with Crippen LogP contribution >= 0.6 is 0 Å². The van der Waals surface area contributed by atoms with Gasteiger partial charge in [-0.15, -0.1) is 0 Å². The molecule has 0 unspecified atom stereocenters. The monoisotopic (exact) mass is 423 g/mol. The largest absolute Gasteiger partial charge is 0.354 e. The van der Waals surface area contributed by atoms with Crippen molar-refractivity contribution in [1.82, 2.24) is 29.2 Å². The quantitative estimate of drug-likeness (QED) is 0.674. The molecule has 2 aromatic heterocycles. The third-order valence-corrected chi connectivity index (χ3v) is 6.68. The van der Waals surface area contributed by atoms with Crippen molar-refractivity contribution in [2.45, 2.75) is 31.2 Å². The van der Waals surface area contributed by atoms with E-state index in [1.807, 2.05) is 6.92 Å². The zero-order valence-corrected chi connectivity index (χ0v) is 17.4. The summed E-state index contributed by atoms with van der Waals surface area (Å²) in [5.74, 6) is -1.27. The maximum absolute atomic E-state index is 12.8. The lowest BCUT2D eigenvalue weighted by atomic mass is 9.99. The predicted octanol–water partition coefficient (Wildman–Crippen LogP) is 0.0355. The van der Waals surface area contributed by atoms with Gasteiger partial charge >= 0.3 is 0 Å². The Morgan fingerprint density at radius 1 is 1.31 bits per heavy atom. The standard InChI is InChI=1S/C17H25N7O4S/c1-4-23-11-14(15(21-23)17(26)18-2)20-16(25)12-6-5-7-24(9-12)29(27,28)13-8-19-22(3)10-13/h8,10-12H,4-7,9H2,1-3H3,(H,18,26)(H,20,25)/t12-/m1/s1. The van der Waals surface area contributed by atoms with Crippen molar-refractivity contribution in [2.75, 3.05) is 25.5 Å². The molecule has 158 valence electrons. The van der Waals surface area contributed by atoms with Gasteiger partial charge in [-0.25, -0.2) is 8.42 Å². The van der Waals surface area contributed by atoms with E-state index in [0.29, 0.717) is 31.6 Å². The Hall–Kier alpha value is -2.73. The van der Waals surface area contributed by atoms with Crippen molar-refractivity contribution in [3.63, 3.8) is 0 Å². The molecule has 0 aromatic carbocycles. The van der Waals surface area contributed by atoms with Gasteiger partial charge in [0.05, 0.1) is 17.8 Å². The molecule has 0 radical (unpaired) electrons. The second-order valence-electron chi connectivity index (χ2n) is 6.87. The van der Waals surface area contributed by atoms with Gasteiger partial charge in [0, 0.05) is 46.1 Å². The molecule has 29 heavy (non-hydrogen) atoms. The number of anilines is 1. The molecule has 1 atom stereocenters. The van der Waals surface area contributed by atoms with Crippen LogP contribution in [0.4, 0.5) is 5.69 Å². The summed E-state index contributed by atoms with van der Waals surface area (Å²) in [5.41, 5.74) is 0.432. The summed E-state index contributed by atoms with van der Waals surface area (Å²) >= 11 is 0. The van der Waals surface area contributed by atoms with Crippen LogP contribution in [-0.2, 0) is 28.4 Å². The van der Waals surface area contributed by atoms with Crippen molar-refractivity contribution in [1.29, 1.82) is 0 Å². The summed E-state index contributed by atoms with van der Waals surface area (Å²) in [7, 11) is -0.584. The molecule has 3 heterocycles. The maximum Gasteiger partial charge on any atom is 0.273 e. The van der Waals surface area contributed by atoms with E-state index in [4.69, 9.17) is 0 Å². The minimum absolute atomic E-state index is 0.0697. The second-order valence-corrected chi connectivity index (χ2v) is 8.81. The maximum atomic E-state index is 12.8. The average molecular weight is 423 g/mol. The Morgan fingerprint density at radius 3 is 2.69 bits per heavy atom. The number of nitrogens with one attached hydrogen (secondary N) is 2. The number of aryl methyl sites for hydroxylation is 2. The summed E-state index contributed by atoms with van der Waals surface area (Å²) in [4.78, 5) is 25.0. The highest BCUT2D eigenvalue weighted by Gasteiger charge is 2.34. The number of piperidine rings is 1. The molecule has 1 aliphatic heterocycles. The lowest BCUT2D eigenvalue weighted by Crippen LogP contribution is -2.43. The number of rotatable bonds is 6. The third-order valence-electron chi connectivity index (χ3n) is 4.86. The number of hydrogen-bond donors (Lipinski definition) is 2. The number of aromatic nitrogens is 4. The lowest BCUT2D eigenvalue weighted by Gasteiger charge is -2.30. The van der Waals surface area contributed by atoms with Crippen molar-refractivity contribution < 1.29 is 18.0 Å². The molecule has 2 amide bonds. The number of amides is 2. The van der Waals surface area contributed by atoms with Crippen LogP contribution in [0.3, 0.4) is 0 Å². The first kappa shape index (κ1) is 21.0. The lowest BCUT2D eigenvalue weighted by molar-refractivity contribution is -0.120. The highest BCUT2D eigenvalue weighted by Crippen LogP contribution is 2.25. The van der Waals surface area contributed by atoms with E-state index >= 15 is 0 Å². The fourth-order valence-corrected chi connectivity index (χ4v) is 4.76. The van der Waals surface area contributed by atoms with Gasteiger partial charge in [-0.05, 0) is 19.8 Å². The van der Waals surface area contributed by atoms with Crippen LogP contribution in [0.5, 0.6) is 0 Å². The van der Waals surface area contributed by atoms with Crippen LogP contribution < -0.4 is 10.6 Å². The van der Waals surface area contributed by atoms with Gasteiger partial charge in [0.2, 0.25) is 15.9 Å². The van der Waals surface area contributed by atoms with Gasteiger partial charge in [-0.3, -0.25) is 19.0 Å². The minimum atomic E-state index is -3.72. The normalized spacial score (nSPS) is 17.8. The van der Waals surface area contributed by atoms with Crippen LogP contribution in [-0.4, -0.2) is 64.2 Å². The van der Waals surface area contributed by atoms with Crippen LogP contribution in [0.25, 0.3) is 0 Å². The minimum Gasteiger partial charge on any atom is -0.354 e. The van der Waals surface area contributed by atoms with E-state index in [1.165, 1.54) is 28.4 Å². The molecule has 12 heteroatoms. The highest BCUT2D eigenvalue weighted by molar-refractivity contribution is 7.89. The Bertz CT molecular complexity index is 1010. The highest BCUT2D eigenvalue weighted by atomic mass is 32.2. The van der Waals surface area contributed by atoms with Gasteiger partial charge in [-0.2, -0.15) is 14.5 Å². The summed E-state index contributed by atoms with van der Waals surface area (Å²) in [6.45, 7) is 2.83. The van der Waals surface area contributed by atoms with Gasteiger partial charge in [0.1, 0.15) is 4.90 Å². The van der Waals surface area contributed by atoms with Gasteiger partial charge in [0.25, 0.3) is 5.91 Å². The molecule has 0 aliphatic carbocycles. The number of sulfonamides is 1. The van der Waals surface area contributed by atoms with Crippen LogP contribution in [0, 0.1) is 5.92 Å². The summed E-state index contributed by atoms with van der Waals surface area (Å²) in [5, 5.41) is 13.3. The number of hydrogen-bond acceptors (Lipinski definition) is 6. The molecule has 1 fully saturated rings. The Labute approximate surface area is 169 Å². The molecule has 3 rings (SSSR count). The molecule has 2 N–H and O–H groups in total. The Balaban J connectivity index is 1.75. The van der Waals surface area contributed by atoms with Gasteiger partial charge in [0.15, 0.2) is 5.69 Å². The molecule has 0 spiro atoms. The Morgan fingerprint density at radius 2 is 2.07 bits per heavy atom. The van der Waals surface area contributed by atoms with Crippen molar-refractivity contribution >= 4 is 27.5 Å². The van der Waals surface area contributed by atoms with E-state index in [-0.39, 0.29) is 23.0 Å². The number of carbonyl (C=O) groups is 2. The van der Waals surface area contributed by atoms with E-state index in [1.54, 1.807) is 17.9 Å². The first-order valence-electron chi connectivity index (χ1n) is 9.35. The SMILES string of the molecule is CCn1cc(NC(=O)[C@@H]2CCCN(S(=O)(=O)c3cnn(C)c3)C2)c(C(=O)NC)n1. The molecule has 0 bridgehead atoms. The fraction of sp³-hybridized carbons (Fsp3) is 0.529. The number of carbonyl (C=O) groups excluding carboxylic acids is 2. The van der Waals surface area contributed by atoms with Crippen molar-refractivity contribution in [3.05, 3.63) is 24.3 Å². The zero-order chi connectivity index (χ0) is 21.2. The fourth-order valence-electron chi connectivity index (χ4n) is 3.25. The molecule has 1 aliphatic rings. The smallest absolute Gasteiger partial charge is 0.273 e. The van der Waals surface area contributed by atoms with E-state index < -0.39 is 21.8 Å². The molecule has 11 nitrogen and oxygen atoms in total. The van der Waals surface area contributed by atoms with Crippen molar-refractivity contribution in [2.24, 2.45) is 13.0 Å². The third kappa shape index (κ3) is 4.32. The molecule has 0 saturated carbocycles. The Kier molecular flexibility index (Phi) is 6.03. The molecule has 2 aromatic rings. The second kappa shape index (κ2) is 8.33. The molecular weight excluding hydrogens is 398 g/mol. The van der Waals surface area contributed by atoms with Gasteiger partial charge < -0.3 is 10.6 Å². The topological polar surface area (TPSA) is 131 Å². The van der Waals surface area contributed by atoms with Crippen molar-refractivity contribution in [3.8, 4) is 0 Å². The first-order valence-corrected chi connectivity index (χ1v) is 10.8. The van der Waals surface area contributed by atoms with E-state index in [9.17, 15) is 18.0 Å². The molecule has 1 saturated heterocycles. The average Bonchev–Trinajstić information content (AvgIpc) is 3.34. The summed E-state index contributed by atoms with van der Waals surface area (Å²) in [6, 6.07) is 0. The van der Waals surface area contributed by atoms with Gasteiger partial charge in [-0.1, -0.05) is 0 Å². The zero-order valence-electron chi connectivity index (χ0n) is 16.6. The molecular formula is C17H25N7O4S. The van der Waals surface area contributed by atoms with Crippen LogP contribution in [0.1, 0.15) is 30.3 Å². The van der Waals surface area contributed by atoms with E-state index in [2.05, 4.69) is 20.8 Å². The summed E-state index contributed by atoms with van der Waals surface area (Å²) < 4.78 is 29.9. The van der Waals surface area contributed by atoms with Crippen LogP contribution in [0.15, 0.2) is 23.5 Å². The summed E-state index contributed by atoms with van der Waals surface area (Å²) in [6.07, 6.45) is 5.45. The first-order chi connectivity index (χ1) is 13.8. The predicted molar refractivity (Wildman–Crippen MR) is 105 cm³/mol.